The van der Waals surface area contributed by atoms with Gasteiger partial charge in [-0.2, -0.15) is 10.5 Å². The first-order chi connectivity index (χ1) is 13.2. The van der Waals surface area contributed by atoms with E-state index in [1.54, 1.807) is 17.7 Å². The molecule has 0 amide bonds. The van der Waals surface area contributed by atoms with Gasteiger partial charge in [-0.05, 0) is 91.8 Å². The molecule has 0 N–H and O–H groups in total. The number of aryl methyl sites for hydroxylation is 2. The summed E-state index contributed by atoms with van der Waals surface area (Å²) in [6.45, 7) is 1.83. The van der Waals surface area contributed by atoms with E-state index in [4.69, 9.17) is 15.3 Å². The molecule has 0 spiro atoms. The normalized spacial score (nSPS) is 18.7. The summed E-state index contributed by atoms with van der Waals surface area (Å²) in [7, 11) is 0. The minimum Gasteiger partial charge on any atom is -0.462 e. The monoisotopic (exact) mass is 354 g/mol. The Kier molecular flexibility index (Phi) is 4.69. The lowest BCUT2D eigenvalue weighted by molar-refractivity contribution is 0.318. The number of rotatable bonds is 2. The molecule has 0 saturated heterocycles. The lowest BCUT2D eigenvalue weighted by Gasteiger charge is -2.32. The molecule has 4 rings (SSSR count). The summed E-state index contributed by atoms with van der Waals surface area (Å²) in [5.41, 5.74) is 6.59. The minimum atomic E-state index is 0.104. The van der Waals surface area contributed by atoms with E-state index in [1.165, 1.54) is 55.2 Å². The second-order valence-electron chi connectivity index (χ2n) is 7.53. The molecule has 1 aromatic rings. The molecule has 1 heterocycles. The average molecular weight is 354 g/mol. The number of allylic oxidation sites excluding steroid dienone is 6. The number of hydrogen-bond donors (Lipinski definition) is 0. The van der Waals surface area contributed by atoms with Gasteiger partial charge < -0.3 is 4.74 Å². The predicted molar refractivity (Wildman–Crippen MR) is 105 cm³/mol. The van der Waals surface area contributed by atoms with E-state index in [2.05, 4.69) is 18.2 Å². The maximum Gasteiger partial charge on any atom is 0.137 e. The second-order valence-corrected chi connectivity index (χ2v) is 7.53. The number of nitriles is 2. The molecule has 1 aliphatic heterocycles. The molecule has 134 valence electrons. The Bertz CT molecular complexity index is 945. The third kappa shape index (κ3) is 3.46. The highest BCUT2D eigenvalue weighted by Gasteiger charge is 2.26. The summed E-state index contributed by atoms with van der Waals surface area (Å²) in [5, 5.41) is 18.2. The molecule has 0 bridgehead atoms. The number of ether oxygens (including phenoxy) is 1. The van der Waals surface area contributed by atoms with E-state index in [-0.39, 0.29) is 5.57 Å². The molecule has 0 radical (unpaired) electrons. The van der Waals surface area contributed by atoms with Crippen molar-refractivity contribution in [2.24, 2.45) is 0 Å². The van der Waals surface area contributed by atoms with Gasteiger partial charge in [-0.3, -0.25) is 0 Å². The van der Waals surface area contributed by atoms with Crippen molar-refractivity contribution in [2.75, 3.05) is 0 Å². The maximum atomic E-state index is 9.11. The van der Waals surface area contributed by atoms with Gasteiger partial charge in [-0.1, -0.05) is 18.2 Å². The van der Waals surface area contributed by atoms with Crippen LogP contribution < -0.4 is 0 Å². The topological polar surface area (TPSA) is 56.8 Å². The average Bonchev–Trinajstić information content (AvgIpc) is 2.67. The molecule has 2 aliphatic carbocycles. The van der Waals surface area contributed by atoms with Crippen LogP contribution in [0, 0.1) is 22.7 Å². The van der Waals surface area contributed by atoms with Gasteiger partial charge in [0.1, 0.15) is 29.2 Å². The summed E-state index contributed by atoms with van der Waals surface area (Å²) < 4.78 is 5.76. The summed E-state index contributed by atoms with van der Waals surface area (Å²) in [6, 6.07) is 8.54. The molecule has 27 heavy (non-hydrogen) atoms. The van der Waals surface area contributed by atoms with Gasteiger partial charge in [0.05, 0.1) is 0 Å². The van der Waals surface area contributed by atoms with Gasteiger partial charge in [0, 0.05) is 5.57 Å². The summed E-state index contributed by atoms with van der Waals surface area (Å²) in [5.74, 6) is 2.10. The Hall–Kier alpha value is -3.04. The zero-order chi connectivity index (χ0) is 18.8. The van der Waals surface area contributed by atoms with Crippen LogP contribution in [0.5, 0.6) is 0 Å². The van der Waals surface area contributed by atoms with Crippen LogP contribution in [0.25, 0.3) is 6.08 Å². The summed E-state index contributed by atoms with van der Waals surface area (Å²) >= 11 is 0. The van der Waals surface area contributed by atoms with Crippen molar-refractivity contribution in [2.45, 2.75) is 51.4 Å². The Morgan fingerprint density at radius 1 is 1.04 bits per heavy atom. The van der Waals surface area contributed by atoms with Crippen LogP contribution in [0.3, 0.4) is 0 Å². The fourth-order valence-electron chi connectivity index (χ4n) is 4.57. The fraction of sp³-hybridized carbons (Fsp3) is 0.333. The number of benzene rings is 1. The standard InChI is InChI=1S/C24H22N2O/c1-16-10-21(22(14-25)15-26)13-23(27-16)9-8-17-11-19-6-2-4-18-5-3-7-20(12-17)24(18)19/h8-13,18H,2-7H2,1H3/b9-8+. The van der Waals surface area contributed by atoms with Gasteiger partial charge in [0.2, 0.25) is 0 Å². The van der Waals surface area contributed by atoms with Crippen LogP contribution >= 0.6 is 0 Å². The van der Waals surface area contributed by atoms with Crippen LogP contribution in [0.4, 0.5) is 0 Å². The summed E-state index contributed by atoms with van der Waals surface area (Å²) in [6.07, 6.45) is 15.1. The zero-order valence-corrected chi connectivity index (χ0v) is 15.6. The Balaban J connectivity index is 1.65. The number of hydrogen-bond acceptors (Lipinski definition) is 3. The van der Waals surface area contributed by atoms with Crippen molar-refractivity contribution in [3.05, 3.63) is 75.3 Å². The lowest BCUT2D eigenvalue weighted by Crippen LogP contribution is -2.17. The van der Waals surface area contributed by atoms with Crippen molar-refractivity contribution in [3.63, 3.8) is 0 Å². The quantitative estimate of drug-likeness (QED) is 0.648. The molecule has 0 saturated carbocycles. The first-order valence-electron chi connectivity index (χ1n) is 9.64. The third-order valence-electron chi connectivity index (χ3n) is 5.67. The van der Waals surface area contributed by atoms with Gasteiger partial charge >= 0.3 is 0 Å². The van der Waals surface area contributed by atoms with Crippen LogP contribution in [0.2, 0.25) is 0 Å². The van der Waals surface area contributed by atoms with Gasteiger partial charge in [0.15, 0.2) is 0 Å². The Morgan fingerprint density at radius 3 is 2.33 bits per heavy atom. The highest BCUT2D eigenvalue weighted by molar-refractivity contribution is 5.60. The van der Waals surface area contributed by atoms with Crippen molar-refractivity contribution in [1.82, 2.24) is 0 Å². The van der Waals surface area contributed by atoms with Gasteiger partial charge in [-0.25, -0.2) is 0 Å². The van der Waals surface area contributed by atoms with Crippen molar-refractivity contribution in [1.29, 1.82) is 10.5 Å². The van der Waals surface area contributed by atoms with Crippen LogP contribution in [-0.2, 0) is 17.6 Å². The summed E-state index contributed by atoms with van der Waals surface area (Å²) in [4.78, 5) is 0. The molecule has 0 unspecified atom stereocenters. The van der Waals surface area contributed by atoms with E-state index in [9.17, 15) is 0 Å². The highest BCUT2D eigenvalue weighted by atomic mass is 16.5. The molecule has 3 nitrogen and oxygen atoms in total. The first kappa shape index (κ1) is 17.4. The maximum absolute atomic E-state index is 9.11. The van der Waals surface area contributed by atoms with Crippen LogP contribution in [0.15, 0.2) is 53.0 Å². The molecule has 3 aliphatic rings. The fourth-order valence-corrected chi connectivity index (χ4v) is 4.57. The highest BCUT2D eigenvalue weighted by Crippen LogP contribution is 2.41. The molecule has 0 fully saturated rings. The van der Waals surface area contributed by atoms with Crippen LogP contribution in [-0.4, -0.2) is 0 Å². The molecular weight excluding hydrogens is 332 g/mol. The van der Waals surface area contributed by atoms with E-state index in [0.717, 1.165) is 5.92 Å². The Labute approximate surface area is 160 Å². The predicted octanol–water partition coefficient (Wildman–Crippen LogP) is 5.62. The molecule has 3 heteroatoms. The SMILES string of the molecule is CC1=CC(=C(C#N)C#N)C=C(/C=C/c2cc3c4c(c2)CCCC4CCC3)O1. The van der Waals surface area contributed by atoms with Gasteiger partial charge in [-0.15, -0.1) is 0 Å². The lowest BCUT2D eigenvalue weighted by atomic mass is 9.73. The van der Waals surface area contributed by atoms with E-state index < -0.39 is 0 Å². The molecule has 0 atom stereocenters. The van der Waals surface area contributed by atoms with Crippen molar-refractivity contribution in [3.8, 4) is 12.1 Å². The number of nitrogens with zero attached hydrogens (tertiary/aromatic N) is 2. The van der Waals surface area contributed by atoms with Gasteiger partial charge in [0.25, 0.3) is 0 Å². The smallest absolute Gasteiger partial charge is 0.137 e. The minimum absolute atomic E-state index is 0.104. The van der Waals surface area contributed by atoms with Crippen LogP contribution in [0.1, 0.15) is 60.8 Å². The van der Waals surface area contributed by atoms with Crippen molar-refractivity contribution < 1.29 is 4.74 Å². The molecule has 1 aromatic carbocycles. The van der Waals surface area contributed by atoms with Crippen molar-refractivity contribution >= 4 is 6.08 Å². The van der Waals surface area contributed by atoms with E-state index in [0.29, 0.717) is 17.1 Å². The Morgan fingerprint density at radius 2 is 1.70 bits per heavy atom. The third-order valence-corrected chi connectivity index (χ3v) is 5.67. The van der Waals surface area contributed by atoms with E-state index >= 15 is 0 Å². The zero-order valence-electron chi connectivity index (χ0n) is 15.6. The second kappa shape index (κ2) is 7.29. The molecule has 0 aromatic heterocycles. The first-order valence-corrected chi connectivity index (χ1v) is 9.64. The van der Waals surface area contributed by atoms with E-state index in [1.807, 2.05) is 25.1 Å². The largest absolute Gasteiger partial charge is 0.462 e. The molecular formula is C24H22N2O.